The molecule has 0 fully saturated rings. The maximum Gasteiger partial charge on any atom is 0.336 e. The first-order valence-electron chi connectivity index (χ1n) is 9.81. The van der Waals surface area contributed by atoms with Crippen molar-refractivity contribution < 1.29 is 58.4 Å². The van der Waals surface area contributed by atoms with Gasteiger partial charge in [-0.15, -0.1) is 0 Å². The van der Waals surface area contributed by atoms with E-state index in [2.05, 4.69) is 0 Å². The Morgan fingerprint density at radius 1 is 0.656 bits per heavy atom. The molecule has 0 saturated heterocycles. The lowest BCUT2D eigenvalue weighted by Gasteiger charge is -2.14. The van der Waals surface area contributed by atoms with Crippen LogP contribution in [0.2, 0.25) is 0 Å². The number of rotatable bonds is 20. The molecule has 4 N–H and O–H groups in total. The van der Waals surface area contributed by atoms with Crippen molar-refractivity contribution in [1.82, 2.24) is 0 Å². The van der Waals surface area contributed by atoms with Crippen LogP contribution < -0.4 is 0 Å². The van der Waals surface area contributed by atoms with E-state index in [0.717, 1.165) is 0 Å². The van der Waals surface area contributed by atoms with Crippen LogP contribution in [-0.4, -0.2) is 86.0 Å². The quantitative estimate of drug-likeness (QED) is 0.159. The minimum atomic E-state index is -1.30. The van der Waals surface area contributed by atoms with Gasteiger partial charge in [-0.1, -0.05) is 0 Å². The Morgan fingerprint density at radius 3 is 1.53 bits per heavy atom. The number of carboxylic acid groups (broad SMARTS) is 2. The predicted octanol–water partition coefficient (Wildman–Crippen LogP) is 0.777. The number of benzene rings is 1. The molecule has 1 rings (SSSR count). The third-order valence-corrected chi connectivity index (χ3v) is 3.96. The van der Waals surface area contributed by atoms with Gasteiger partial charge in [-0.3, -0.25) is 0 Å². The zero-order valence-corrected chi connectivity index (χ0v) is 17.7. The third kappa shape index (κ3) is 11.5. The van der Waals surface area contributed by atoms with Crippen LogP contribution in [0.4, 0.5) is 0 Å². The van der Waals surface area contributed by atoms with Crippen LogP contribution in [0.1, 0.15) is 44.7 Å². The van der Waals surface area contributed by atoms with Gasteiger partial charge in [0, 0.05) is 5.56 Å². The van der Waals surface area contributed by atoms with Crippen molar-refractivity contribution in [3.8, 4) is 0 Å². The van der Waals surface area contributed by atoms with Gasteiger partial charge in [-0.05, 0) is 30.5 Å². The standard InChI is InChI=1S/C20H30O12/c21-11-27-3-1-5-29-13-31-9-15-7-16(19(23)24)18(17(8-15)20(25)26)10-32-14-30-6-2-4-28-12-22/h7-8,21-22H,1-6,9-14H2,(H,23,24)(H,25,26). The molecule has 0 unspecified atom stereocenters. The van der Waals surface area contributed by atoms with Crippen molar-refractivity contribution in [3.63, 3.8) is 0 Å². The molecule has 0 aliphatic rings. The largest absolute Gasteiger partial charge is 0.478 e. The number of aliphatic hydroxyl groups is 2. The minimum absolute atomic E-state index is 0.0149. The summed E-state index contributed by atoms with van der Waals surface area (Å²) in [4.78, 5) is 23.4. The molecule has 32 heavy (non-hydrogen) atoms. The highest BCUT2D eigenvalue weighted by molar-refractivity contribution is 5.97. The molecule has 0 amide bonds. The van der Waals surface area contributed by atoms with Crippen LogP contribution in [0.15, 0.2) is 12.1 Å². The van der Waals surface area contributed by atoms with E-state index in [1.165, 1.54) is 12.1 Å². The Bertz CT molecular complexity index is 644. The van der Waals surface area contributed by atoms with Crippen LogP contribution in [0.3, 0.4) is 0 Å². The average molecular weight is 462 g/mol. The molecule has 0 radical (unpaired) electrons. The normalized spacial score (nSPS) is 11.1. The maximum atomic E-state index is 11.7. The lowest BCUT2D eigenvalue weighted by molar-refractivity contribution is -0.0717. The Balaban J connectivity index is 2.60. The molecule has 0 bridgehead atoms. The van der Waals surface area contributed by atoms with E-state index >= 15 is 0 Å². The molecule has 0 saturated carbocycles. The van der Waals surface area contributed by atoms with Crippen molar-refractivity contribution in [3.05, 3.63) is 34.4 Å². The molecule has 0 spiro atoms. The van der Waals surface area contributed by atoms with Crippen LogP contribution >= 0.6 is 0 Å². The van der Waals surface area contributed by atoms with Gasteiger partial charge in [-0.25, -0.2) is 9.59 Å². The van der Waals surface area contributed by atoms with E-state index < -0.39 is 11.9 Å². The fraction of sp³-hybridized carbons (Fsp3) is 0.600. The smallest absolute Gasteiger partial charge is 0.336 e. The molecule has 1 aromatic rings. The van der Waals surface area contributed by atoms with Crippen LogP contribution in [0.5, 0.6) is 0 Å². The SMILES string of the molecule is O=C(O)c1cc(COCOCCCOCO)cc(C(=O)O)c1COCOCCCOCO. The van der Waals surface area contributed by atoms with Crippen LogP contribution in [-0.2, 0) is 41.6 Å². The van der Waals surface area contributed by atoms with Crippen molar-refractivity contribution in [1.29, 1.82) is 0 Å². The van der Waals surface area contributed by atoms with E-state index in [0.29, 0.717) is 44.8 Å². The van der Waals surface area contributed by atoms with E-state index in [9.17, 15) is 19.8 Å². The molecule has 1 aromatic carbocycles. The highest BCUT2D eigenvalue weighted by atomic mass is 16.7. The summed E-state index contributed by atoms with van der Waals surface area (Å²) in [7, 11) is 0. The van der Waals surface area contributed by atoms with Gasteiger partial charge in [-0.2, -0.15) is 0 Å². The Kier molecular flexibility index (Phi) is 15.2. The summed E-state index contributed by atoms with van der Waals surface area (Å²) < 4.78 is 30.5. The third-order valence-electron chi connectivity index (χ3n) is 3.96. The lowest BCUT2D eigenvalue weighted by atomic mass is 9.98. The van der Waals surface area contributed by atoms with Gasteiger partial charge < -0.3 is 48.8 Å². The monoisotopic (exact) mass is 462 g/mol. The Labute approximate surface area is 185 Å². The average Bonchev–Trinajstić information content (AvgIpc) is 2.77. The number of aliphatic hydroxyl groups excluding tert-OH is 2. The summed E-state index contributed by atoms with van der Waals surface area (Å²) in [5.74, 6) is -2.59. The first-order chi connectivity index (χ1) is 15.5. The summed E-state index contributed by atoms with van der Waals surface area (Å²) >= 11 is 0. The Hall–Kier alpha value is -2.16. The number of aromatic carboxylic acids is 2. The zero-order chi connectivity index (χ0) is 23.6. The van der Waals surface area contributed by atoms with E-state index in [4.69, 9.17) is 38.6 Å². The predicted molar refractivity (Wildman–Crippen MR) is 107 cm³/mol. The molecule has 0 atom stereocenters. The topological polar surface area (TPSA) is 170 Å². The lowest BCUT2D eigenvalue weighted by Crippen LogP contribution is -2.14. The van der Waals surface area contributed by atoms with Gasteiger partial charge in [0.2, 0.25) is 0 Å². The van der Waals surface area contributed by atoms with Crippen molar-refractivity contribution in [2.75, 3.05) is 53.6 Å². The summed E-state index contributed by atoms with van der Waals surface area (Å²) in [5.41, 5.74) is -0.0409. The van der Waals surface area contributed by atoms with Crippen molar-refractivity contribution in [2.24, 2.45) is 0 Å². The Morgan fingerprint density at radius 2 is 1.09 bits per heavy atom. The molecule has 12 nitrogen and oxygen atoms in total. The first kappa shape index (κ1) is 27.9. The number of carbonyl (C=O) groups is 2. The van der Waals surface area contributed by atoms with Crippen LogP contribution in [0.25, 0.3) is 0 Å². The van der Waals surface area contributed by atoms with Crippen LogP contribution in [0, 0.1) is 0 Å². The minimum Gasteiger partial charge on any atom is -0.478 e. The summed E-state index contributed by atoms with van der Waals surface area (Å²) in [5, 5.41) is 36.0. The summed E-state index contributed by atoms with van der Waals surface area (Å²) in [6, 6.07) is 2.66. The number of carboxylic acids is 2. The van der Waals surface area contributed by atoms with E-state index in [-0.39, 0.29) is 57.1 Å². The molecule has 0 aromatic heterocycles. The van der Waals surface area contributed by atoms with E-state index in [1.807, 2.05) is 0 Å². The number of hydrogen-bond acceptors (Lipinski definition) is 10. The summed E-state index contributed by atoms with van der Waals surface area (Å²) in [6.07, 6.45) is 1.09. The number of ether oxygens (including phenoxy) is 6. The molecule has 0 aliphatic heterocycles. The highest BCUT2D eigenvalue weighted by Gasteiger charge is 2.20. The second-order valence-electron chi connectivity index (χ2n) is 6.31. The number of hydrogen-bond donors (Lipinski definition) is 4. The van der Waals surface area contributed by atoms with Crippen molar-refractivity contribution >= 4 is 11.9 Å². The fourth-order valence-electron chi connectivity index (χ4n) is 2.55. The molecule has 182 valence electrons. The molecule has 0 heterocycles. The van der Waals surface area contributed by atoms with Gasteiger partial charge in [0.05, 0.1) is 50.8 Å². The second-order valence-corrected chi connectivity index (χ2v) is 6.31. The zero-order valence-electron chi connectivity index (χ0n) is 17.7. The maximum absolute atomic E-state index is 11.7. The summed E-state index contributed by atoms with van der Waals surface area (Å²) in [6.45, 7) is 0.00783. The van der Waals surface area contributed by atoms with Gasteiger partial charge in [0.1, 0.15) is 27.2 Å². The first-order valence-corrected chi connectivity index (χ1v) is 9.81. The molecule has 0 aliphatic carbocycles. The molecular formula is C20H30O12. The highest BCUT2D eigenvalue weighted by Crippen LogP contribution is 2.21. The second kappa shape index (κ2) is 17.4. The fourth-order valence-corrected chi connectivity index (χ4v) is 2.55. The van der Waals surface area contributed by atoms with Gasteiger partial charge in [0.15, 0.2) is 0 Å². The van der Waals surface area contributed by atoms with E-state index in [1.54, 1.807) is 0 Å². The molecular weight excluding hydrogens is 432 g/mol. The molecule has 12 heteroatoms. The van der Waals surface area contributed by atoms with Gasteiger partial charge >= 0.3 is 11.9 Å². The van der Waals surface area contributed by atoms with Crippen molar-refractivity contribution in [2.45, 2.75) is 26.1 Å². The van der Waals surface area contributed by atoms with Gasteiger partial charge in [0.25, 0.3) is 0 Å².